The Hall–Kier alpha value is -1.26. The highest BCUT2D eigenvalue weighted by Gasteiger charge is 2.29. The maximum Gasteiger partial charge on any atom is 0.321 e. The summed E-state index contributed by atoms with van der Waals surface area (Å²) in [7, 11) is 0. The summed E-state index contributed by atoms with van der Waals surface area (Å²) < 4.78 is 0. The van der Waals surface area contributed by atoms with Gasteiger partial charge in [-0.2, -0.15) is 0 Å². The molecule has 21 heavy (non-hydrogen) atoms. The number of amides is 2. The summed E-state index contributed by atoms with van der Waals surface area (Å²) in [6.07, 6.45) is 4.79. The summed E-state index contributed by atoms with van der Waals surface area (Å²) in [5.41, 5.74) is 0.795. The lowest BCUT2D eigenvalue weighted by molar-refractivity contribution is 0.170. The van der Waals surface area contributed by atoms with Gasteiger partial charge in [-0.25, -0.2) is 4.79 Å². The highest BCUT2D eigenvalue weighted by molar-refractivity contribution is 6.30. The Morgan fingerprint density at radius 3 is 2.52 bits per heavy atom. The third kappa shape index (κ3) is 3.69. The largest absolute Gasteiger partial charge is 0.325 e. The number of nitrogens with one attached hydrogen (secondary N) is 2. The van der Waals surface area contributed by atoms with Crippen LogP contribution < -0.4 is 10.6 Å². The van der Waals surface area contributed by atoms with Crippen LogP contribution in [0.25, 0.3) is 0 Å². The minimum absolute atomic E-state index is 0.00449. The molecule has 2 aliphatic rings. The molecular formula is C16H22ClN3O. The van der Waals surface area contributed by atoms with Crippen LogP contribution in [0.5, 0.6) is 0 Å². The van der Waals surface area contributed by atoms with Crippen molar-refractivity contribution < 1.29 is 4.79 Å². The van der Waals surface area contributed by atoms with E-state index in [9.17, 15) is 4.79 Å². The second kappa shape index (κ2) is 6.67. The number of benzene rings is 1. The molecule has 2 amide bonds. The molecule has 2 fully saturated rings. The van der Waals surface area contributed by atoms with Gasteiger partial charge in [0.25, 0.3) is 0 Å². The summed E-state index contributed by atoms with van der Waals surface area (Å²) in [5.74, 6) is 0.729. The number of hydrogen-bond donors (Lipinski definition) is 2. The maximum atomic E-state index is 12.2. The third-order valence-electron chi connectivity index (χ3n) is 4.59. The maximum absolute atomic E-state index is 12.2. The summed E-state index contributed by atoms with van der Waals surface area (Å²) in [5, 5.41) is 7.20. The number of hydrogen-bond acceptors (Lipinski definition) is 2. The number of rotatable bonds is 2. The zero-order valence-electron chi connectivity index (χ0n) is 12.1. The lowest BCUT2D eigenvalue weighted by Crippen LogP contribution is -2.44. The minimum Gasteiger partial charge on any atom is -0.325 e. The van der Waals surface area contributed by atoms with E-state index in [0.717, 1.165) is 44.1 Å². The minimum atomic E-state index is -0.00449. The molecule has 2 saturated heterocycles. The number of likely N-dealkylation sites (tertiary alicyclic amines) is 1. The molecule has 1 aromatic carbocycles. The van der Waals surface area contributed by atoms with Crippen molar-refractivity contribution in [2.45, 2.75) is 31.7 Å². The van der Waals surface area contributed by atoms with E-state index in [0.29, 0.717) is 11.1 Å². The van der Waals surface area contributed by atoms with E-state index >= 15 is 0 Å². The van der Waals surface area contributed by atoms with Gasteiger partial charge >= 0.3 is 6.03 Å². The van der Waals surface area contributed by atoms with Crippen LogP contribution in [0.1, 0.15) is 25.7 Å². The van der Waals surface area contributed by atoms with Gasteiger partial charge < -0.3 is 15.5 Å². The van der Waals surface area contributed by atoms with Crippen molar-refractivity contribution in [3.05, 3.63) is 29.3 Å². The Balaban J connectivity index is 1.49. The van der Waals surface area contributed by atoms with Gasteiger partial charge in [0.05, 0.1) is 0 Å². The van der Waals surface area contributed by atoms with E-state index in [-0.39, 0.29) is 6.03 Å². The Morgan fingerprint density at radius 1 is 1.19 bits per heavy atom. The quantitative estimate of drug-likeness (QED) is 0.880. The molecule has 3 rings (SSSR count). The number of carbonyl (C=O) groups excluding carboxylic acids is 1. The molecule has 1 atom stereocenters. The molecule has 1 aromatic rings. The van der Waals surface area contributed by atoms with Crippen molar-refractivity contribution >= 4 is 23.3 Å². The lowest BCUT2D eigenvalue weighted by Gasteiger charge is -2.34. The van der Waals surface area contributed by atoms with Crippen LogP contribution in [-0.2, 0) is 0 Å². The molecule has 0 radical (unpaired) electrons. The molecule has 2 N–H and O–H groups in total. The van der Waals surface area contributed by atoms with Crippen LogP contribution in [0.4, 0.5) is 10.5 Å². The highest BCUT2D eigenvalue weighted by atomic mass is 35.5. The van der Waals surface area contributed by atoms with E-state index in [4.69, 9.17) is 11.6 Å². The molecule has 2 heterocycles. The van der Waals surface area contributed by atoms with Crippen LogP contribution >= 0.6 is 11.6 Å². The van der Waals surface area contributed by atoms with Crippen LogP contribution in [0, 0.1) is 5.92 Å². The Bertz CT molecular complexity index is 477. The molecule has 1 unspecified atom stereocenters. The molecule has 0 spiro atoms. The van der Waals surface area contributed by atoms with E-state index in [2.05, 4.69) is 10.6 Å². The SMILES string of the molecule is O=C(Nc1ccc(Cl)cc1)N1CCC(C2CCCN2)CC1. The van der Waals surface area contributed by atoms with Gasteiger partial charge in [-0.3, -0.25) is 0 Å². The number of carbonyl (C=O) groups is 1. The van der Waals surface area contributed by atoms with Crippen molar-refractivity contribution in [1.29, 1.82) is 0 Å². The molecule has 5 heteroatoms. The van der Waals surface area contributed by atoms with Gasteiger partial charge in [0.2, 0.25) is 0 Å². The van der Waals surface area contributed by atoms with Crippen LogP contribution in [0.2, 0.25) is 5.02 Å². The standard InChI is InChI=1S/C16H22ClN3O/c17-13-3-5-14(6-4-13)19-16(21)20-10-7-12(8-11-20)15-2-1-9-18-15/h3-6,12,15,18H,1-2,7-11H2,(H,19,21). The second-order valence-electron chi connectivity index (χ2n) is 5.96. The predicted molar refractivity (Wildman–Crippen MR) is 85.8 cm³/mol. The topological polar surface area (TPSA) is 44.4 Å². The summed E-state index contributed by atoms with van der Waals surface area (Å²) in [6.45, 7) is 2.85. The Labute approximate surface area is 130 Å². The van der Waals surface area contributed by atoms with Crippen LogP contribution in [-0.4, -0.2) is 36.6 Å². The van der Waals surface area contributed by atoms with Crippen molar-refractivity contribution in [3.63, 3.8) is 0 Å². The van der Waals surface area contributed by atoms with Crippen LogP contribution in [0.3, 0.4) is 0 Å². The van der Waals surface area contributed by atoms with Crippen molar-refractivity contribution in [3.8, 4) is 0 Å². The number of piperidine rings is 1. The molecule has 2 aliphatic heterocycles. The molecule has 0 aromatic heterocycles. The monoisotopic (exact) mass is 307 g/mol. The molecule has 0 bridgehead atoms. The molecular weight excluding hydrogens is 286 g/mol. The summed E-state index contributed by atoms with van der Waals surface area (Å²) >= 11 is 5.85. The zero-order chi connectivity index (χ0) is 14.7. The normalized spacial score (nSPS) is 23.3. The van der Waals surface area contributed by atoms with Gasteiger partial charge in [-0.1, -0.05) is 11.6 Å². The molecule has 114 valence electrons. The average molecular weight is 308 g/mol. The van der Waals surface area contributed by atoms with Crippen molar-refractivity contribution in [2.24, 2.45) is 5.92 Å². The van der Waals surface area contributed by atoms with E-state index in [1.807, 2.05) is 17.0 Å². The van der Waals surface area contributed by atoms with Gasteiger partial charge in [0, 0.05) is 29.8 Å². The fourth-order valence-electron chi connectivity index (χ4n) is 3.35. The van der Waals surface area contributed by atoms with Gasteiger partial charge in [-0.05, 0) is 62.4 Å². The average Bonchev–Trinajstić information content (AvgIpc) is 3.04. The molecule has 0 aliphatic carbocycles. The van der Waals surface area contributed by atoms with E-state index in [1.54, 1.807) is 12.1 Å². The first-order valence-corrected chi connectivity index (χ1v) is 8.15. The lowest BCUT2D eigenvalue weighted by atomic mass is 9.89. The van der Waals surface area contributed by atoms with E-state index < -0.39 is 0 Å². The molecule has 0 saturated carbocycles. The first-order valence-electron chi connectivity index (χ1n) is 7.77. The number of nitrogens with zero attached hydrogens (tertiary/aromatic N) is 1. The number of anilines is 1. The number of urea groups is 1. The Kier molecular flexibility index (Phi) is 4.66. The zero-order valence-corrected chi connectivity index (χ0v) is 12.9. The molecule has 4 nitrogen and oxygen atoms in total. The predicted octanol–water partition coefficient (Wildman–Crippen LogP) is 3.34. The Morgan fingerprint density at radius 2 is 1.90 bits per heavy atom. The number of halogens is 1. The van der Waals surface area contributed by atoms with Crippen molar-refractivity contribution in [2.75, 3.05) is 25.0 Å². The van der Waals surface area contributed by atoms with E-state index in [1.165, 1.54) is 12.8 Å². The van der Waals surface area contributed by atoms with Crippen LogP contribution in [0.15, 0.2) is 24.3 Å². The van der Waals surface area contributed by atoms with Gasteiger partial charge in [-0.15, -0.1) is 0 Å². The third-order valence-corrected chi connectivity index (χ3v) is 4.84. The summed E-state index contributed by atoms with van der Waals surface area (Å²) in [4.78, 5) is 14.2. The smallest absolute Gasteiger partial charge is 0.321 e. The highest BCUT2D eigenvalue weighted by Crippen LogP contribution is 2.26. The first-order chi connectivity index (χ1) is 10.2. The second-order valence-corrected chi connectivity index (χ2v) is 6.40. The van der Waals surface area contributed by atoms with Gasteiger partial charge in [0.1, 0.15) is 0 Å². The van der Waals surface area contributed by atoms with Gasteiger partial charge in [0.15, 0.2) is 0 Å². The van der Waals surface area contributed by atoms with Crippen molar-refractivity contribution in [1.82, 2.24) is 10.2 Å². The summed E-state index contributed by atoms with van der Waals surface area (Å²) in [6, 6.07) is 7.90. The fourth-order valence-corrected chi connectivity index (χ4v) is 3.48. The first kappa shape index (κ1) is 14.7. The fraction of sp³-hybridized carbons (Fsp3) is 0.562.